The molecule has 24 heavy (non-hydrogen) atoms. The molecule has 0 atom stereocenters. The van der Waals surface area contributed by atoms with E-state index in [2.05, 4.69) is 6.07 Å². The maximum Gasteiger partial charge on any atom is 0.294 e. The third-order valence-electron chi connectivity index (χ3n) is 5.44. The van der Waals surface area contributed by atoms with Gasteiger partial charge in [-0.2, -0.15) is 8.42 Å². The summed E-state index contributed by atoms with van der Waals surface area (Å²) in [4.78, 5) is 0.169. The Bertz CT molecular complexity index is 614. The first-order valence-electron chi connectivity index (χ1n) is 8.67. The zero-order chi connectivity index (χ0) is 15.6. The summed E-state index contributed by atoms with van der Waals surface area (Å²) in [5, 5.41) is 0. The fourth-order valence-corrected chi connectivity index (χ4v) is 5.20. The maximum atomic E-state index is 11.9. The molecular weight excluding hydrogens is 328 g/mol. The smallest absolute Gasteiger partial charge is 0.294 e. The van der Waals surface area contributed by atoms with Crippen molar-refractivity contribution in [3.8, 4) is 0 Å². The molecule has 5 nitrogen and oxygen atoms in total. The molecule has 0 bridgehead atoms. The average Bonchev–Trinajstić information content (AvgIpc) is 2.55. The Balaban J connectivity index is 0.00000144. The molecule has 2 aliphatic rings. The van der Waals surface area contributed by atoms with Crippen molar-refractivity contribution >= 4 is 10.1 Å². The van der Waals surface area contributed by atoms with Crippen molar-refractivity contribution in [1.82, 2.24) is 0 Å². The Kier molecular flexibility index (Phi) is 7.86. The van der Waals surface area contributed by atoms with Gasteiger partial charge in [-0.05, 0) is 54.7 Å². The van der Waals surface area contributed by atoms with Crippen LogP contribution in [0, 0.1) is 0 Å². The van der Waals surface area contributed by atoms with Crippen molar-refractivity contribution in [3.63, 3.8) is 0 Å². The lowest BCUT2D eigenvalue weighted by Crippen LogP contribution is -2.16. The van der Waals surface area contributed by atoms with E-state index in [1.54, 1.807) is 12.1 Å². The van der Waals surface area contributed by atoms with E-state index in [-0.39, 0.29) is 15.8 Å². The Labute approximate surface area is 144 Å². The van der Waals surface area contributed by atoms with Crippen molar-refractivity contribution in [1.29, 1.82) is 0 Å². The molecule has 2 aliphatic carbocycles. The first-order chi connectivity index (χ1) is 10.6. The normalized spacial score (nSPS) is 20.0. The van der Waals surface area contributed by atoms with Crippen LogP contribution in [0.1, 0.15) is 87.2 Å². The predicted molar refractivity (Wildman–Crippen MR) is 95.1 cm³/mol. The highest BCUT2D eigenvalue weighted by molar-refractivity contribution is 7.85. The third-order valence-corrected chi connectivity index (χ3v) is 6.35. The molecule has 0 radical (unpaired) electrons. The molecule has 6 heteroatoms. The largest absolute Gasteiger partial charge is 0.412 e. The van der Waals surface area contributed by atoms with Crippen LogP contribution in [-0.2, 0) is 10.1 Å². The van der Waals surface area contributed by atoms with Crippen LogP contribution in [0.3, 0.4) is 0 Å². The Morgan fingerprint density at radius 2 is 1.29 bits per heavy atom. The summed E-state index contributed by atoms with van der Waals surface area (Å²) in [5.74, 6) is 0.760. The molecule has 138 valence electrons. The van der Waals surface area contributed by atoms with Crippen molar-refractivity contribution < 1.29 is 23.9 Å². The Hall–Kier alpha value is -0.950. The lowest BCUT2D eigenvalue weighted by molar-refractivity contribution is 0.412. The van der Waals surface area contributed by atoms with Gasteiger partial charge in [0.2, 0.25) is 0 Å². The summed E-state index contributed by atoms with van der Waals surface area (Å²) < 4.78 is 33.5. The van der Waals surface area contributed by atoms with Crippen LogP contribution < -0.4 is 0 Å². The standard InChI is InChI=1S/C18H26O3S.2H2O/c19-22(20,21)17-13-7-12-16(14-8-3-1-4-9-14)18(17)15-10-5-2-6-11-15;;/h7,12-15H,1-6,8-11H2,(H,19,20,21);2*1H2. The van der Waals surface area contributed by atoms with Crippen LogP contribution >= 0.6 is 0 Å². The molecule has 0 amide bonds. The van der Waals surface area contributed by atoms with Gasteiger partial charge in [-0.25, -0.2) is 0 Å². The summed E-state index contributed by atoms with van der Waals surface area (Å²) in [7, 11) is -4.14. The lowest BCUT2D eigenvalue weighted by Gasteiger charge is -2.30. The van der Waals surface area contributed by atoms with Crippen LogP contribution in [0.25, 0.3) is 0 Å². The van der Waals surface area contributed by atoms with E-state index >= 15 is 0 Å². The van der Waals surface area contributed by atoms with Gasteiger partial charge in [-0.3, -0.25) is 4.55 Å². The van der Waals surface area contributed by atoms with E-state index in [0.29, 0.717) is 11.8 Å². The predicted octanol–water partition coefficient (Wildman–Crippen LogP) is 3.38. The van der Waals surface area contributed by atoms with Gasteiger partial charge >= 0.3 is 0 Å². The number of hydrogen-bond donors (Lipinski definition) is 1. The zero-order valence-electron chi connectivity index (χ0n) is 14.1. The van der Waals surface area contributed by atoms with Crippen molar-refractivity contribution in [3.05, 3.63) is 29.3 Å². The van der Waals surface area contributed by atoms with E-state index in [4.69, 9.17) is 0 Å². The molecule has 5 N–H and O–H groups in total. The molecule has 0 aromatic heterocycles. The van der Waals surface area contributed by atoms with E-state index in [0.717, 1.165) is 44.1 Å². The average molecular weight is 359 g/mol. The van der Waals surface area contributed by atoms with Crippen molar-refractivity contribution in [2.45, 2.75) is 80.9 Å². The number of rotatable bonds is 3. The van der Waals surface area contributed by atoms with E-state index in [1.165, 1.54) is 31.2 Å². The van der Waals surface area contributed by atoms with E-state index in [9.17, 15) is 13.0 Å². The molecule has 1 aromatic rings. The second-order valence-corrected chi connectivity index (χ2v) is 8.29. The third kappa shape index (κ3) is 4.57. The molecular formula is C18H30O5S. The van der Waals surface area contributed by atoms with E-state index < -0.39 is 10.1 Å². The second-order valence-electron chi connectivity index (χ2n) is 6.90. The fourth-order valence-electron chi connectivity index (χ4n) is 4.38. The van der Waals surface area contributed by atoms with Crippen LogP contribution in [0.4, 0.5) is 0 Å². The van der Waals surface area contributed by atoms with Crippen LogP contribution in [-0.4, -0.2) is 23.9 Å². The van der Waals surface area contributed by atoms with Crippen LogP contribution in [0.15, 0.2) is 23.1 Å². The molecule has 0 heterocycles. The van der Waals surface area contributed by atoms with E-state index in [1.807, 2.05) is 0 Å². The minimum Gasteiger partial charge on any atom is -0.412 e. The van der Waals surface area contributed by atoms with Crippen LogP contribution in [0.5, 0.6) is 0 Å². The number of hydrogen-bond acceptors (Lipinski definition) is 2. The van der Waals surface area contributed by atoms with Crippen LogP contribution in [0.2, 0.25) is 0 Å². The highest BCUT2D eigenvalue weighted by atomic mass is 32.2. The number of benzene rings is 1. The molecule has 2 fully saturated rings. The molecule has 3 rings (SSSR count). The summed E-state index contributed by atoms with van der Waals surface area (Å²) in [6, 6.07) is 5.50. The summed E-state index contributed by atoms with van der Waals surface area (Å²) >= 11 is 0. The van der Waals surface area contributed by atoms with Crippen molar-refractivity contribution in [2.75, 3.05) is 0 Å². The highest BCUT2D eigenvalue weighted by Crippen LogP contribution is 2.43. The second kappa shape index (κ2) is 8.94. The molecule has 0 saturated heterocycles. The molecule has 1 aromatic carbocycles. The van der Waals surface area contributed by atoms with Gasteiger partial charge < -0.3 is 11.0 Å². The SMILES string of the molecule is O.O.O=S(=O)(O)c1cccc(C2CCCCC2)c1C1CCCCC1. The maximum absolute atomic E-state index is 11.9. The van der Waals surface area contributed by atoms with Gasteiger partial charge in [-0.1, -0.05) is 50.7 Å². The van der Waals surface area contributed by atoms with Gasteiger partial charge in [0.1, 0.15) is 0 Å². The first-order valence-corrected chi connectivity index (χ1v) is 10.1. The first kappa shape index (κ1) is 21.1. The summed E-state index contributed by atoms with van der Waals surface area (Å²) in [6.45, 7) is 0. The highest BCUT2D eigenvalue weighted by Gasteiger charge is 2.29. The van der Waals surface area contributed by atoms with Gasteiger partial charge in [0, 0.05) is 0 Å². The van der Waals surface area contributed by atoms with Gasteiger partial charge in [0.15, 0.2) is 0 Å². The fraction of sp³-hybridized carbons (Fsp3) is 0.667. The monoisotopic (exact) mass is 358 g/mol. The lowest BCUT2D eigenvalue weighted by atomic mass is 9.76. The summed E-state index contributed by atoms with van der Waals surface area (Å²) in [5.41, 5.74) is 2.14. The minimum atomic E-state index is -4.14. The molecule has 2 saturated carbocycles. The van der Waals surface area contributed by atoms with Gasteiger partial charge in [0.25, 0.3) is 10.1 Å². The molecule has 0 unspecified atom stereocenters. The topological polar surface area (TPSA) is 117 Å². The Morgan fingerprint density at radius 1 is 0.792 bits per heavy atom. The van der Waals surface area contributed by atoms with Crippen molar-refractivity contribution in [2.24, 2.45) is 0 Å². The molecule has 0 aliphatic heterocycles. The summed E-state index contributed by atoms with van der Waals surface area (Å²) in [6.07, 6.45) is 11.7. The van der Waals surface area contributed by atoms with Gasteiger partial charge in [-0.15, -0.1) is 0 Å². The minimum absolute atomic E-state index is 0. The molecule has 0 spiro atoms. The van der Waals surface area contributed by atoms with Gasteiger partial charge in [0.05, 0.1) is 4.90 Å². The zero-order valence-corrected chi connectivity index (χ0v) is 14.9. The quantitative estimate of drug-likeness (QED) is 0.834. The Morgan fingerprint density at radius 3 is 1.79 bits per heavy atom.